The van der Waals surface area contributed by atoms with Gasteiger partial charge in [0, 0.05) is 12.1 Å². The molecule has 0 bridgehead atoms. The van der Waals surface area contributed by atoms with E-state index >= 15 is 0 Å². The van der Waals surface area contributed by atoms with Crippen molar-refractivity contribution >= 4 is 23.8 Å². The highest BCUT2D eigenvalue weighted by Gasteiger charge is 2.01. The molecular weight excluding hydrogens is 256 g/mol. The Morgan fingerprint density at radius 2 is 2.06 bits per heavy atom. The van der Waals surface area contributed by atoms with Crippen LogP contribution in [0.15, 0.2) is 30.3 Å². The van der Waals surface area contributed by atoms with Gasteiger partial charge in [0.15, 0.2) is 0 Å². The van der Waals surface area contributed by atoms with E-state index in [2.05, 4.69) is 5.10 Å². The van der Waals surface area contributed by atoms with Gasteiger partial charge in [0.05, 0.1) is 18.8 Å². The topological polar surface area (TPSA) is 29.9 Å². The van der Waals surface area contributed by atoms with Gasteiger partial charge in [0.1, 0.15) is 4.64 Å². The third-order valence-electron chi connectivity index (χ3n) is 2.40. The molecule has 5 heteroatoms. The molecule has 0 saturated carbocycles. The van der Waals surface area contributed by atoms with E-state index in [9.17, 15) is 0 Å². The van der Waals surface area contributed by atoms with Gasteiger partial charge >= 0.3 is 0 Å². The Balaban J connectivity index is 2.18. The second kappa shape index (κ2) is 5.49. The molecule has 90 valence electrons. The second-order valence-electron chi connectivity index (χ2n) is 3.77. The molecular formula is C12H13ClN2OS. The lowest BCUT2D eigenvalue weighted by Crippen LogP contribution is -2.02. The average Bonchev–Trinajstić information content (AvgIpc) is 2.63. The number of aromatic nitrogens is 2. The van der Waals surface area contributed by atoms with Gasteiger partial charge in [0.2, 0.25) is 0 Å². The normalized spacial score (nSPS) is 10.7. The van der Waals surface area contributed by atoms with E-state index in [1.165, 1.54) is 0 Å². The maximum Gasteiger partial charge on any atom is 0.122 e. The summed E-state index contributed by atoms with van der Waals surface area (Å²) in [5.74, 6) is 0. The number of hydrogen-bond acceptors (Lipinski definition) is 2. The van der Waals surface area contributed by atoms with Crippen LogP contribution in [0.5, 0.6) is 0 Å². The van der Waals surface area contributed by atoms with Crippen LogP contribution in [0.2, 0.25) is 5.02 Å². The van der Waals surface area contributed by atoms with Crippen molar-refractivity contribution in [1.82, 2.24) is 9.78 Å². The molecule has 1 heterocycles. The minimum atomic E-state index is 0.539. The standard InChI is InChI=1S/C12H13ClN2OS/c1-16-8-11-6-12(17)15(14-11)7-9-2-4-10(13)5-3-9/h2-6,14H,7-8H2,1H3. The highest BCUT2D eigenvalue weighted by molar-refractivity contribution is 7.71. The highest BCUT2D eigenvalue weighted by atomic mass is 35.5. The number of ether oxygens (including phenoxy) is 1. The van der Waals surface area contributed by atoms with Crippen LogP contribution in [0.25, 0.3) is 0 Å². The van der Waals surface area contributed by atoms with Crippen LogP contribution >= 0.6 is 23.8 Å². The van der Waals surface area contributed by atoms with Crippen molar-refractivity contribution in [3.63, 3.8) is 0 Å². The average molecular weight is 269 g/mol. The maximum absolute atomic E-state index is 5.84. The maximum atomic E-state index is 5.84. The smallest absolute Gasteiger partial charge is 0.122 e. The summed E-state index contributed by atoms with van der Waals surface area (Å²) < 4.78 is 7.73. The molecule has 0 atom stereocenters. The van der Waals surface area contributed by atoms with E-state index in [0.29, 0.717) is 13.2 Å². The quantitative estimate of drug-likeness (QED) is 0.862. The summed E-state index contributed by atoms with van der Waals surface area (Å²) >= 11 is 11.1. The Hall–Kier alpha value is -1.10. The molecule has 17 heavy (non-hydrogen) atoms. The fraction of sp³-hybridized carbons (Fsp3) is 0.250. The summed E-state index contributed by atoms with van der Waals surface area (Å²) in [4.78, 5) is 0. The SMILES string of the molecule is COCc1cc(=S)n(Cc2ccc(Cl)cc2)[nH]1. The molecule has 0 saturated heterocycles. The van der Waals surface area contributed by atoms with E-state index < -0.39 is 0 Å². The van der Waals surface area contributed by atoms with Gasteiger partial charge in [-0.1, -0.05) is 36.0 Å². The van der Waals surface area contributed by atoms with Crippen molar-refractivity contribution < 1.29 is 4.74 Å². The number of aromatic amines is 1. The first-order valence-corrected chi connectivity index (χ1v) is 6.00. The number of benzene rings is 1. The lowest BCUT2D eigenvalue weighted by molar-refractivity contribution is 0.181. The Morgan fingerprint density at radius 1 is 1.35 bits per heavy atom. The Labute approximate surface area is 110 Å². The van der Waals surface area contributed by atoms with Gasteiger partial charge in [-0.25, -0.2) is 0 Å². The molecule has 0 radical (unpaired) electrons. The third kappa shape index (κ3) is 3.19. The Bertz CT molecular complexity index is 544. The van der Waals surface area contributed by atoms with Gasteiger partial charge in [-0.05, 0) is 23.8 Å². The second-order valence-corrected chi connectivity index (χ2v) is 4.62. The number of nitrogens with zero attached hydrogens (tertiary/aromatic N) is 1. The van der Waals surface area contributed by atoms with Gasteiger partial charge < -0.3 is 4.74 Å². The number of H-pyrrole nitrogens is 1. The number of hydrogen-bond donors (Lipinski definition) is 1. The molecule has 3 nitrogen and oxygen atoms in total. The van der Waals surface area contributed by atoms with Crippen LogP contribution in [-0.2, 0) is 17.9 Å². The van der Waals surface area contributed by atoms with Crippen LogP contribution in [0.4, 0.5) is 0 Å². The minimum Gasteiger partial charge on any atom is -0.378 e. The van der Waals surface area contributed by atoms with E-state index in [0.717, 1.165) is 20.9 Å². The molecule has 0 unspecified atom stereocenters. The van der Waals surface area contributed by atoms with Crippen molar-refractivity contribution in [2.24, 2.45) is 0 Å². The molecule has 0 aliphatic carbocycles. The first-order valence-electron chi connectivity index (χ1n) is 5.21. The van der Waals surface area contributed by atoms with E-state index in [1.54, 1.807) is 7.11 Å². The van der Waals surface area contributed by atoms with Crippen molar-refractivity contribution in [2.75, 3.05) is 7.11 Å². The fourth-order valence-electron chi connectivity index (χ4n) is 1.61. The van der Waals surface area contributed by atoms with Gasteiger partial charge in [-0.3, -0.25) is 9.78 Å². The van der Waals surface area contributed by atoms with Crippen LogP contribution < -0.4 is 0 Å². The summed E-state index contributed by atoms with van der Waals surface area (Å²) in [6.07, 6.45) is 0. The number of methoxy groups -OCH3 is 1. The predicted molar refractivity (Wildman–Crippen MR) is 70.9 cm³/mol. The molecule has 2 aromatic rings. The summed E-state index contributed by atoms with van der Waals surface area (Å²) in [5.41, 5.74) is 2.13. The Morgan fingerprint density at radius 3 is 2.71 bits per heavy atom. The summed E-state index contributed by atoms with van der Waals surface area (Å²) in [5, 5.41) is 3.94. The van der Waals surface area contributed by atoms with Gasteiger partial charge in [-0.2, -0.15) is 0 Å². The fourth-order valence-corrected chi connectivity index (χ4v) is 1.99. The Kier molecular flexibility index (Phi) is 3.99. The number of halogens is 1. The summed E-state index contributed by atoms with van der Waals surface area (Å²) in [7, 11) is 1.66. The van der Waals surface area contributed by atoms with Crippen LogP contribution in [-0.4, -0.2) is 16.9 Å². The number of nitrogens with one attached hydrogen (secondary N) is 1. The first kappa shape index (κ1) is 12.4. The zero-order valence-corrected chi connectivity index (χ0v) is 11.0. The van der Waals surface area contributed by atoms with Crippen molar-refractivity contribution in [3.05, 3.63) is 51.3 Å². The van der Waals surface area contributed by atoms with E-state index in [1.807, 2.05) is 35.0 Å². The predicted octanol–water partition coefficient (Wildman–Crippen LogP) is 3.39. The van der Waals surface area contributed by atoms with Crippen molar-refractivity contribution in [3.8, 4) is 0 Å². The highest BCUT2D eigenvalue weighted by Crippen LogP contribution is 2.11. The molecule has 1 aromatic carbocycles. The molecule has 0 amide bonds. The summed E-state index contributed by atoms with van der Waals surface area (Å²) in [6, 6.07) is 9.63. The van der Waals surface area contributed by atoms with Crippen molar-refractivity contribution in [2.45, 2.75) is 13.2 Å². The van der Waals surface area contributed by atoms with Gasteiger partial charge in [-0.15, -0.1) is 0 Å². The molecule has 0 aliphatic heterocycles. The van der Waals surface area contributed by atoms with Crippen LogP contribution in [0.1, 0.15) is 11.3 Å². The number of rotatable bonds is 4. The van der Waals surface area contributed by atoms with Gasteiger partial charge in [0.25, 0.3) is 0 Å². The van der Waals surface area contributed by atoms with Crippen LogP contribution in [0, 0.1) is 4.64 Å². The monoisotopic (exact) mass is 268 g/mol. The molecule has 2 rings (SSSR count). The summed E-state index contributed by atoms with van der Waals surface area (Å²) in [6.45, 7) is 1.25. The molecule has 0 fully saturated rings. The lowest BCUT2D eigenvalue weighted by atomic mass is 10.2. The van der Waals surface area contributed by atoms with Crippen molar-refractivity contribution in [1.29, 1.82) is 0 Å². The van der Waals surface area contributed by atoms with E-state index in [4.69, 9.17) is 28.6 Å². The largest absolute Gasteiger partial charge is 0.378 e. The molecule has 0 aliphatic rings. The first-order chi connectivity index (χ1) is 8.19. The zero-order chi connectivity index (χ0) is 12.3. The molecule has 0 spiro atoms. The third-order valence-corrected chi connectivity index (χ3v) is 2.99. The lowest BCUT2D eigenvalue weighted by Gasteiger charge is -2.03. The minimum absolute atomic E-state index is 0.539. The van der Waals surface area contributed by atoms with Crippen LogP contribution in [0.3, 0.4) is 0 Å². The molecule has 1 aromatic heterocycles. The zero-order valence-electron chi connectivity index (χ0n) is 9.44. The van der Waals surface area contributed by atoms with E-state index in [-0.39, 0.29) is 0 Å². The molecule has 1 N–H and O–H groups in total.